The van der Waals surface area contributed by atoms with Crippen molar-refractivity contribution in [1.29, 1.82) is 0 Å². The first-order valence-corrected chi connectivity index (χ1v) is 7.10. The van der Waals surface area contributed by atoms with Gasteiger partial charge in [0.25, 0.3) is 0 Å². The minimum absolute atomic E-state index is 0.0467. The van der Waals surface area contributed by atoms with E-state index in [1.54, 1.807) is 7.05 Å². The number of carbonyl (C=O) groups is 4. The van der Waals surface area contributed by atoms with Crippen LogP contribution < -0.4 is 5.32 Å². The summed E-state index contributed by atoms with van der Waals surface area (Å²) in [6, 6.07) is 0. The van der Waals surface area contributed by atoms with Crippen molar-refractivity contribution in [3.8, 4) is 0 Å². The van der Waals surface area contributed by atoms with Gasteiger partial charge in [-0.2, -0.15) is 0 Å². The van der Waals surface area contributed by atoms with Crippen molar-refractivity contribution >= 4 is 23.9 Å². The number of unbranched alkanes of at least 4 members (excludes halogenated alkanes) is 2. The molecule has 1 N–H and O–H groups in total. The number of carbonyl (C=O) groups excluding carboxylic acids is 4. The standard InChI is InChI=1S/C15H24N2O4/c1-13(19)9-10-16-14(20)7-4-3-5-11-17(2)15(21)8-6-12-18/h6,8,12H,3-5,7,9-11H2,1-2H3,(H,16,20)/b8-6-. The zero-order valence-electron chi connectivity index (χ0n) is 12.8. The lowest BCUT2D eigenvalue weighted by Gasteiger charge is -2.14. The number of aldehydes is 1. The summed E-state index contributed by atoms with van der Waals surface area (Å²) in [7, 11) is 1.67. The van der Waals surface area contributed by atoms with E-state index in [4.69, 9.17) is 0 Å². The predicted octanol–water partition coefficient (Wildman–Crippen LogP) is 0.856. The molecule has 0 aromatic rings. The summed E-state index contributed by atoms with van der Waals surface area (Å²) in [6.07, 6.45) is 6.16. The Balaban J connectivity index is 3.60. The smallest absolute Gasteiger partial charge is 0.246 e. The van der Waals surface area contributed by atoms with E-state index in [-0.39, 0.29) is 17.6 Å². The third kappa shape index (κ3) is 11.5. The van der Waals surface area contributed by atoms with Crippen LogP contribution in [-0.2, 0) is 19.2 Å². The van der Waals surface area contributed by atoms with Crippen LogP contribution in [0.3, 0.4) is 0 Å². The molecule has 0 aliphatic heterocycles. The zero-order valence-corrected chi connectivity index (χ0v) is 12.8. The number of hydrogen-bond acceptors (Lipinski definition) is 4. The predicted molar refractivity (Wildman–Crippen MR) is 79.6 cm³/mol. The molecule has 0 aliphatic rings. The van der Waals surface area contributed by atoms with Crippen molar-refractivity contribution in [3.63, 3.8) is 0 Å². The minimum atomic E-state index is -0.205. The molecule has 0 unspecified atom stereocenters. The van der Waals surface area contributed by atoms with E-state index in [0.717, 1.165) is 19.3 Å². The summed E-state index contributed by atoms with van der Waals surface area (Å²) in [5.41, 5.74) is 0. The zero-order chi connectivity index (χ0) is 16.1. The second-order valence-electron chi connectivity index (χ2n) is 4.87. The summed E-state index contributed by atoms with van der Waals surface area (Å²) in [6.45, 7) is 2.48. The van der Waals surface area contributed by atoms with Gasteiger partial charge >= 0.3 is 0 Å². The van der Waals surface area contributed by atoms with E-state index in [9.17, 15) is 19.2 Å². The molecule has 2 amide bonds. The molecule has 0 saturated heterocycles. The fraction of sp³-hybridized carbons (Fsp3) is 0.600. The fourth-order valence-corrected chi connectivity index (χ4v) is 1.64. The molecule has 6 heteroatoms. The van der Waals surface area contributed by atoms with E-state index >= 15 is 0 Å². The quantitative estimate of drug-likeness (QED) is 0.348. The van der Waals surface area contributed by atoms with E-state index in [1.165, 1.54) is 24.0 Å². The van der Waals surface area contributed by atoms with Crippen molar-refractivity contribution in [2.45, 2.75) is 39.0 Å². The van der Waals surface area contributed by atoms with Crippen LogP contribution in [-0.4, -0.2) is 48.9 Å². The first-order chi connectivity index (χ1) is 9.97. The maximum absolute atomic E-state index is 11.4. The molecule has 0 atom stereocenters. The number of likely N-dealkylation sites (N-methyl/N-ethyl adjacent to an activating group) is 1. The molecule has 0 radical (unpaired) electrons. The van der Waals surface area contributed by atoms with Crippen LogP contribution in [0, 0.1) is 0 Å². The number of amides is 2. The van der Waals surface area contributed by atoms with Crippen LogP contribution in [0.4, 0.5) is 0 Å². The molecule has 0 aromatic heterocycles. The second-order valence-corrected chi connectivity index (χ2v) is 4.87. The molecule has 118 valence electrons. The van der Waals surface area contributed by atoms with Crippen molar-refractivity contribution in [1.82, 2.24) is 10.2 Å². The van der Waals surface area contributed by atoms with Gasteiger partial charge in [0.2, 0.25) is 11.8 Å². The average molecular weight is 296 g/mol. The molecule has 0 heterocycles. The molecule has 0 aliphatic carbocycles. The van der Waals surface area contributed by atoms with Crippen LogP contribution in [0.5, 0.6) is 0 Å². The second kappa shape index (κ2) is 11.8. The van der Waals surface area contributed by atoms with Crippen molar-refractivity contribution in [2.24, 2.45) is 0 Å². The Hall–Kier alpha value is -1.98. The largest absolute Gasteiger partial charge is 0.356 e. The Kier molecular flexibility index (Phi) is 10.7. The third-order valence-corrected chi connectivity index (χ3v) is 2.89. The topological polar surface area (TPSA) is 83.6 Å². The number of rotatable bonds is 11. The van der Waals surface area contributed by atoms with Crippen molar-refractivity contribution in [3.05, 3.63) is 12.2 Å². The van der Waals surface area contributed by atoms with Crippen LogP contribution in [0.15, 0.2) is 12.2 Å². The van der Waals surface area contributed by atoms with Gasteiger partial charge in [0.15, 0.2) is 0 Å². The minimum Gasteiger partial charge on any atom is -0.356 e. The monoisotopic (exact) mass is 296 g/mol. The number of allylic oxidation sites excluding steroid dienone is 1. The molecule has 0 bridgehead atoms. The molecule has 0 saturated carbocycles. The van der Waals surface area contributed by atoms with Crippen molar-refractivity contribution in [2.75, 3.05) is 20.1 Å². The number of Topliss-reactive ketones (excluding diaryl/α,β-unsaturated/α-hetero) is 1. The number of nitrogens with zero attached hydrogens (tertiary/aromatic N) is 1. The maximum Gasteiger partial charge on any atom is 0.246 e. The molecule has 6 nitrogen and oxygen atoms in total. The molecular formula is C15H24N2O4. The Labute approximate surface area is 125 Å². The van der Waals surface area contributed by atoms with Gasteiger partial charge in [-0.3, -0.25) is 19.2 Å². The lowest BCUT2D eigenvalue weighted by molar-refractivity contribution is -0.125. The normalized spacial score (nSPS) is 10.4. The maximum atomic E-state index is 11.4. The van der Waals surface area contributed by atoms with Crippen LogP contribution in [0.25, 0.3) is 0 Å². The summed E-state index contributed by atoms with van der Waals surface area (Å²) >= 11 is 0. The summed E-state index contributed by atoms with van der Waals surface area (Å²) in [5, 5.41) is 2.69. The Morgan fingerprint density at radius 3 is 2.43 bits per heavy atom. The van der Waals surface area contributed by atoms with Gasteiger partial charge in [0.1, 0.15) is 12.1 Å². The number of hydrogen-bond donors (Lipinski definition) is 1. The van der Waals surface area contributed by atoms with Gasteiger partial charge in [-0.15, -0.1) is 0 Å². The van der Waals surface area contributed by atoms with Gasteiger partial charge in [-0.25, -0.2) is 0 Å². The van der Waals surface area contributed by atoms with Crippen LogP contribution >= 0.6 is 0 Å². The molecule has 21 heavy (non-hydrogen) atoms. The highest BCUT2D eigenvalue weighted by Gasteiger charge is 2.05. The van der Waals surface area contributed by atoms with E-state index in [1.807, 2.05) is 0 Å². The fourth-order valence-electron chi connectivity index (χ4n) is 1.64. The van der Waals surface area contributed by atoms with Gasteiger partial charge in [0.05, 0.1) is 0 Å². The summed E-state index contributed by atoms with van der Waals surface area (Å²) < 4.78 is 0. The first kappa shape index (κ1) is 19.0. The molecule has 0 rings (SSSR count). The molecule has 0 aromatic carbocycles. The van der Waals surface area contributed by atoms with E-state index in [2.05, 4.69) is 5.32 Å². The van der Waals surface area contributed by atoms with Gasteiger partial charge in [0, 0.05) is 39.1 Å². The molecular weight excluding hydrogens is 272 g/mol. The molecule has 0 fully saturated rings. The highest BCUT2D eigenvalue weighted by Crippen LogP contribution is 2.01. The lowest BCUT2D eigenvalue weighted by atomic mass is 10.2. The highest BCUT2D eigenvalue weighted by atomic mass is 16.2. The van der Waals surface area contributed by atoms with E-state index in [0.29, 0.717) is 32.2 Å². The average Bonchev–Trinajstić information content (AvgIpc) is 2.43. The Morgan fingerprint density at radius 2 is 1.81 bits per heavy atom. The summed E-state index contributed by atoms with van der Waals surface area (Å²) in [5.74, 6) is -0.190. The van der Waals surface area contributed by atoms with Crippen LogP contribution in [0.1, 0.15) is 39.0 Å². The SMILES string of the molecule is CC(=O)CCNC(=O)CCCCCN(C)C(=O)/C=C\C=O. The lowest BCUT2D eigenvalue weighted by Crippen LogP contribution is -2.26. The Bertz CT molecular complexity index is 391. The highest BCUT2D eigenvalue weighted by molar-refractivity contribution is 5.90. The number of nitrogens with one attached hydrogen (secondary N) is 1. The van der Waals surface area contributed by atoms with Crippen LogP contribution in [0.2, 0.25) is 0 Å². The first-order valence-electron chi connectivity index (χ1n) is 7.10. The van der Waals surface area contributed by atoms with Gasteiger partial charge < -0.3 is 10.2 Å². The number of ketones is 1. The summed E-state index contributed by atoms with van der Waals surface area (Å²) in [4.78, 5) is 45.2. The molecule has 0 spiro atoms. The Morgan fingerprint density at radius 1 is 1.10 bits per heavy atom. The third-order valence-electron chi connectivity index (χ3n) is 2.89. The van der Waals surface area contributed by atoms with E-state index < -0.39 is 0 Å². The van der Waals surface area contributed by atoms with Crippen molar-refractivity contribution < 1.29 is 19.2 Å². The van der Waals surface area contributed by atoms with Gasteiger partial charge in [-0.05, 0) is 25.8 Å². The van der Waals surface area contributed by atoms with Gasteiger partial charge in [-0.1, -0.05) is 6.42 Å².